The second-order valence-electron chi connectivity index (χ2n) is 6.42. The summed E-state index contributed by atoms with van der Waals surface area (Å²) in [4.78, 5) is 28.9. The quantitative estimate of drug-likeness (QED) is 0.755. The Morgan fingerprint density at radius 2 is 1.71 bits per heavy atom. The Hall–Kier alpha value is -2.11. The first-order valence-electron chi connectivity index (χ1n) is 8.78. The van der Waals surface area contributed by atoms with Crippen LogP contribution in [0.25, 0.3) is 11.0 Å². The molecule has 2 aromatic rings. The zero-order chi connectivity index (χ0) is 17.7. The fourth-order valence-corrected chi connectivity index (χ4v) is 2.97. The average Bonchev–Trinajstić information content (AvgIpc) is 2.58. The Bertz CT molecular complexity index is 820. The van der Waals surface area contributed by atoms with Crippen LogP contribution < -0.4 is 16.6 Å². The van der Waals surface area contributed by atoms with Crippen LogP contribution in [0.2, 0.25) is 0 Å². The van der Waals surface area contributed by atoms with Crippen molar-refractivity contribution in [3.05, 3.63) is 32.6 Å². The lowest BCUT2D eigenvalue weighted by Gasteiger charge is -2.14. The van der Waals surface area contributed by atoms with Crippen LogP contribution in [0.5, 0.6) is 0 Å². The van der Waals surface area contributed by atoms with Crippen LogP contribution in [0.15, 0.2) is 15.8 Å². The summed E-state index contributed by atoms with van der Waals surface area (Å²) in [6.45, 7) is 4.96. The van der Waals surface area contributed by atoms with E-state index in [1.165, 1.54) is 43.7 Å². The molecule has 0 amide bonds. The molecule has 6 heteroatoms. The van der Waals surface area contributed by atoms with E-state index in [-0.39, 0.29) is 11.2 Å². The maximum Gasteiger partial charge on any atom is 0.332 e. The van der Waals surface area contributed by atoms with Gasteiger partial charge in [0.25, 0.3) is 5.56 Å². The van der Waals surface area contributed by atoms with Gasteiger partial charge in [-0.05, 0) is 18.9 Å². The number of hydrogen-bond acceptors (Lipinski definition) is 4. The van der Waals surface area contributed by atoms with Crippen molar-refractivity contribution in [2.24, 2.45) is 14.1 Å². The monoisotopic (exact) mass is 332 g/mol. The van der Waals surface area contributed by atoms with Crippen molar-refractivity contribution < 1.29 is 0 Å². The topological polar surface area (TPSA) is 68.9 Å². The normalized spacial score (nSPS) is 11.2. The lowest BCUT2D eigenvalue weighted by molar-refractivity contribution is 0.617. The van der Waals surface area contributed by atoms with Gasteiger partial charge in [-0.2, -0.15) is 0 Å². The summed E-state index contributed by atoms with van der Waals surface area (Å²) < 4.78 is 2.56. The van der Waals surface area contributed by atoms with Crippen LogP contribution in [0.4, 0.5) is 5.69 Å². The highest BCUT2D eigenvalue weighted by atomic mass is 16.2. The molecule has 0 spiro atoms. The van der Waals surface area contributed by atoms with Gasteiger partial charge in [0, 0.05) is 26.8 Å². The fraction of sp³-hybridized carbons (Fsp3) is 0.611. The highest BCUT2D eigenvalue weighted by Crippen LogP contribution is 2.21. The molecular weight excluding hydrogens is 304 g/mol. The van der Waals surface area contributed by atoms with Crippen molar-refractivity contribution in [3.8, 4) is 0 Å². The summed E-state index contributed by atoms with van der Waals surface area (Å²) in [6, 6.07) is 0. The highest BCUT2D eigenvalue weighted by Gasteiger charge is 2.15. The van der Waals surface area contributed by atoms with E-state index in [1.54, 1.807) is 13.2 Å². The van der Waals surface area contributed by atoms with Crippen molar-refractivity contribution in [2.75, 3.05) is 11.9 Å². The minimum absolute atomic E-state index is 0.297. The molecule has 2 rings (SSSR count). The first-order valence-corrected chi connectivity index (χ1v) is 8.78. The molecule has 0 fully saturated rings. The van der Waals surface area contributed by atoms with E-state index in [0.717, 1.165) is 28.8 Å². The summed E-state index contributed by atoms with van der Waals surface area (Å²) in [5, 5.41) is 3.88. The van der Waals surface area contributed by atoms with Crippen LogP contribution in [0, 0.1) is 6.92 Å². The molecule has 0 unspecified atom stereocenters. The molecule has 0 aliphatic heterocycles. The predicted molar refractivity (Wildman–Crippen MR) is 98.8 cm³/mol. The molecule has 0 saturated heterocycles. The summed E-state index contributed by atoms with van der Waals surface area (Å²) in [5.74, 6) is 0. The van der Waals surface area contributed by atoms with Gasteiger partial charge in [-0.3, -0.25) is 13.9 Å². The number of fused-ring (bicyclic) bond motifs is 1. The van der Waals surface area contributed by atoms with Crippen molar-refractivity contribution >= 4 is 16.7 Å². The number of aryl methyl sites for hydroxylation is 2. The standard InChI is InChI=1S/C18H28N4O2/c1-5-6-7-8-9-10-11-19-15-13(2)12-20-16-14(15)17(23)22(4)18(24)21(16)3/h12H,5-11H2,1-4H3,(H,19,20). The first-order chi connectivity index (χ1) is 11.5. The lowest BCUT2D eigenvalue weighted by atomic mass is 10.1. The van der Waals surface area contributed by atoms with Gasteiger partial charge in [0.2, 0.25) is 0 Å². The molecule has 0 radical (unpaired) electrons. The molecule has 0 aliphatic carbocycles. The maximum absolute atomic E-state index is 12.6. The summed E-state index contributed by atoms with van der Waals surface area (Å²) in [6.07, 6.45) is 9.06. The van der Waals surface area contributed by atoms with Crippen molar-refractivity contribution in [3.63, 3.8) is 0 Å². The Kier molecular flexibility index (Phi) is 6.17. The van der Waals surface area contributed by atoms with Gasteiger partial charge in [0.05, 0.1) is 5.69 Å². The number of aromatic nitrogens is 3. The molecule has 1 N–H and O–H groups in total. The molecule has 132 valence electrons. The van der Waals surface area contributed by atoms with Crippen LogP contribution in [0.3, 0.4) is 0 Å². The van der Waals surface area contributed by atoms with Gasteiger partial charge >= 0.3 is 5.69 Å². The van der Waals surface area contributed by atoms with E-state index in [2.05, 4.69) is 17.2 Å². The Morgan fingerprint density at radius 1 is 1.04 bits per heavy atom. The number of rotatable bonds is 8. The number of nitrogens with zero attached hydrogens (tertiary/aromatic N) is 3. The molecule has 0 saturated carbocycles. The molecule has 2 aromatic heterocycles. The molecule has 6 nitrogen and oxygen atoms in total. The zero-order valence-electron chi connectivity index (χ0n) is 15.2. The number of nitrogens with one attached hydrogen (secondary N) is 1. The molecule has 0 aliphatic rings. The van der Waals surface area contributed by atoms with Gasteiger partial charge in [0.15, 0.2) is 5.65 Å². The number of anilines is 1. The van der Waals surface area contributed by atoms with Crippen LogP contribution in [0.1, 0.15) is 51.0 Å². The van der Waals surface area contributed by atoms with Crippen LogP contribution in [-0.2, 0) is 14.1 Å². The number of hydrogen-bond donors (Lipinski definition) is 1. The minimum Gasteiger partial charge on any atom is -0.384 e. The Morgan fingerprint density at radius 3 is 2.42 bits per heavy atom. The third kappa shape index (κ3) is 3.68. The van der Waals surface area contributed by atoms with Gasteiger partial charge in [0.1, 0.15) is 5.39 Å². The Labute approximate surface area is 142 Å². The van der Waals surface area contributed by atoms with Crippen LogP contribution >= 0.6 is 0 Å². The summed E-state index contributed by atoms with van der Waals surface area (Å²) in [7, 11) is 3.15. The lowest BCUT2D eigenvalue weighted by Crippen LogP contribution is -2.37. The third-order valence-corrected chi connectivity index (χ3v) is 4.49. The zero-order valence-corrected chi connectivity index (χ0v) is 15.2. The predicted octanol–water partition coefficient (Wildman–Crippen LogP) is 2.71. The Balaban J connectivity index is 2.22. The molecular formula is C18H28N4O2. The second-order valence-corrected chi connectivity index (χ2v) is 6.42. The highest BCUT2D eigenvalue weighted by molar-refractivity contribution is 5.89. The van der Waals surface area contributed by atoms with E-state index in [0.29, 0.717) is 11.0 Å². The molecule has 0 atom stereocenters. The minimum atomic E-state index is -0.356. The van der Waals surface area contributed by atoms with Gasteiger partial charge in [-0.1, -0.05) is 39.0 Å². The van der Waals surface area contributed by atoms with Crippen LogP contribution in [-0.4, -0.2) is 20.7 Å². The molecule has 2 heterocycles. The second kappa shape index (κ2) is 8.13. The average molecular weight is 332 g/mol. The van der Waals surface area contributed by atoms with E-state index in [4.69, 9.17) is 0 Å². The smallest absolute Gasteiger partial charge is 0.332 e. The van der Waals surface area contributed by atoms with Gasteiger partial charge < -0.3 is 5.32 Å². The maximum atomic E-state index is 12.6. The van der Waals surface area contributed by atoms with E-state index in [9.17, 15) is 9.59 Å². The number of unbranched alkanes of at least 4 members (excludes halogenated alkanes) is 5. The summed E-state index contributed by atoms with van der Waals surface area (Å²) in [5.41, 5.74) is 1.49. The SMILES string of the molecule is CCCCCCCCNc1c(C)cnc2c1c(=O)n(C)c(=O)n2C. The van der Waals surface area contributed by atoms with E-state index in [1.807, 2.05) is 6.92 Å². The first kappa shape index (κ1) is 18.2. The van der Waals surface area contributed by atoms with Crippen molar-refractivity contribution in [1.82, 2.24) is 14.1 Å². The third-order valence-electron chi connectivity index (χ3n) is 4.49. The van der Waals surface area contributed by atoms with Gasteiger partial charge in [-0.15, -0.1) is 0 Å². The van der Waals surface area contributed by atoms with Gasteiger partial charge in [-0.25, -0.2) is 9.78 Å². The molecule has 0 aromatic carbocycles. The molecule has 24 heavy (non-hydrogen) atoms. The molecule has 0 bridgehead atoms. The van der Waals surface area contributed by atoms with E-state index >= 15 is 0 Å². The fourth-order valence-electron chi connectivity index (χ4n) is 2.97. The van der Waals surface area contributed by atoms with Crippen molar-refractivity contribution in [2.45, 2.75) is 52.4 Å². The van der Waals surface area contributed by atoms with Crippen molar-refractivity contribution in [1.29, 1.82) is 0 Å². The number of pyridine rings is 1. The summed E-state index contributed by atoms with van der Waals surface area (Å²) >= 11 is 0. The largest absolute Gasteiger partial charge is 0.384 e. The van der Waals surface area contributed by atoms with E-state index < -0.39 is 0 Å².